The monoisotopic (exact) mass is 186 g/mol. The minimum Gasteiger partial charge on any atom is -0.380 e. The predicted octanol–water partition coefficient (Wildman–Crippen LogP) is -0.891. The fraction of sp³-hybridized carbons (Fsp3) is 0.750. The molecule has 5 nitrogen and oxygen atoms in total. The highest BCUT2D eigenvalue weighted by atomic mass is 16.5. The minimum atomic E-state index is -0.892. The van der Waals surface area contributed by atoms with Crippen molar-refractivity contribution in [3.8, 4) is 0 Å². The number of likely N-dealkylation sites (tertiary alicyclic amines) is 1. The molecule has 2 N–H and O–H groups in total. The molecule has 1 aliphatic heterocycles. The standard InChI is InChI=1S/C8H14N2O3/c1-13-6-3-2-4-10(5-6)8(12)7(9)11/h6H,2-5H2,1H3,(H2,9,11)/t6-/m1/s1. The molecular formula is C8H14N2O3. The number of hydrogen-bond acceptors (Lipinski definition) is 3. The van der Waals surface area contributed by atoms with Crippen LogP contribution in [0.5, 0.6) is 0 Å². The molecule has 1 fully saturated rings. The van der Waals surface area contributed by atoms with E-state index < -0.39 is 11.8 Å². The molecule has 1 heterocycles. The van der Waals surface area contributed by atoms with Gasteiger partial charge < -0.3 is 15.4 Å². The molecule has 1 saturated heterocycles. The number of ether oxygens (including phenoxy) is 1. The van der Waals surface area contributed by atoms with E-state index in [0.717, 1.165) is 12.8 Å². The fourth-order valence-electron chi connectivity index (χ4n) is 1.47. The Labute approximate surface area is 76.8 Å². The number of rotatable bonds is 1. The lowest BCUT2D eigenvalue weighted by Gasteiger charge is -2.30. The molecular weight excluding hydrogens is 172 g/mol. The number of amides is 2. The third-order valence-electron chi connectivity index (χ3n) is 2.21. The van der Waals surface area contributed by atoms with E-state index >= 15 is 0 Å². The van der Waals surface area contributed by atoms with Crippen LogP contribution in [0.3, 0.4) is 0 Å². The zero-order chi connectivity index (χ0) is 9.84. The number of carbonyl (C=O) groups is 2. The highest BCUT2D eigenvalue weighted by Crippen LogP contribution is 2.12. The second-order valence-corrected chi connectivity index (χ2v) is 3.12. The second-order valence-electron chi connectivity index (χ2n) is 3.12. The molecule has 0 saturated carbocycles. The third-order valence-corrected chi connectivity index (χ3v) is 2.21. The molecule has 0 radical (unpaired) electrons. The lowest BCUT2D eigenvalue weighted by Crippen LogP contribution is -2.47. The summed E-state index contributed by atoms with van der Waals surface area (Å²) in [5.41, 5.74) is 4.88. The molecule has 5 heteroatoms. The van der Waals surface area contributed by atoms with Crippen molar-refractivity contribution in [3.63, 3.8) is 0 Å². The van der Waals surface area contributed by atoms with E-state index in [1.165, 1.54) is 4.90 Å². The van der Waals surface area contributed by atoms with Crippen molar-refractivity contribution >= 4 is 11.8 Å². The van der Waals surface area contributed by atoms with E-state index in [-0.39, 0.29) is 6.10 Å². The largest absolute Gasteiger partial charge is 0.380 e. The van der Waals surface area contributed by atoms with E-state index in [2.05, 4.69) is 0 Å². The Bertz CT molecular complexity index is 217. The van der Waals surface area contributed by atoms with Gasteiger partial charge in [0.25, 0.3) is 0 Å². The molecule has 0 unspecified atom stereocenters. The Hall–Kier alpha value is -1.10. The van der Waals surface area contributed by atoms with Gasteiger partial charge in [0, 0.05) is 20.2 Å². The maximum Gasteiger partial charge on any atom is 0.311 e. The Morgan fingerprint density at radius 3 is 2.77 bits per heavy atom. The highest BCUT2D eigenvalue weighted by molar-refractivity contribution is 6.34. The Kier molecular flexibility index (Phi) is 3.25. The molecule has 1 rings (SSSR count). The number of carbonyl (C=O) groups excluding carboxylic acids is 2. The molecule has 2 amide bonds. The van der Waals surface area contributed by atoms with Crippen LogP contribution in [0.15, 0.2) is 0 Å². The quantitative estimate of drug-likeness (QED) is 0.540. The molecule has 1 aliphatic rings. The van der Waals surface area contributed by atoms with Gasteiger partial charge in [0.1, 0.15) is 0 Å². The average molecular weight is 186 g/mol. The first-order chi connectivity index (χ1) is 6.15. The van der Waals surface area contributed by atoms with Gasteiger partial charge in [0.15, 0.2) is 0 Å². The summed E-state index contributed by atoms with van der Waals surface area (Å²) in [4.78, 5) is 23.2. The molecule has 0 spiro atoms. The molecule has 0 aliphatic carbocycles. The number of nitrogens with two attached hydrogens (primary N) is 1. The number of primary amides is 1. The van der Waals surface area contributed by atoms with Crippen LogP contribution in [0.4, 0.5) is 0 Å². The van der Waals surface area contributed by atoms with E-state index in [0.29, 0.717) is 13.1 Å². The molecule has 74 valence electrons. The molecule has 0 aromatic rings. The molecule has 1 atom stereocenters. The topological polar surface area (TPSA) is 72.6 Å². The van der Waals surface area contributed by atoms with Gasteiger partial charge in [-0.25, -0.2) is 0 Å². The molecule has 0 bridgehead atoms. The van der Waals surface area contributed by atoms with Crippen molar-refractivity contribution in [1.29, 1.82) is 0 Å². The summed E-state index contributed by atoms with van der Waals surface area (Å²) in [5.74, 6) is -1.50. The SMILES string of the molecule is CO[C@@H]1CCCN(C(=O)C(N)=O)C1. The van der Waals surface area contributed by atoms with Crippen molar-refractivity contribution < 1.29 is 14.3 Å². The summed E-state index contributed by atoms with van der Waals surface area (Å²) in [6.45, 7) is 1.07. The first-order valence-corrected chi connectivity index (χ1v) is 4.26. The Balaban J connectivity index is 2.51. The summed E-state index contributed by atoms with van der Waals surface area (Å²) in [7, 11) is 1.60. The number of nitrogens with zero attached hydrogens (tertiary/aromatic N) is 1. The van der Waals surface area contributed by atoms with E-state index in [1.807, 2.05) is 0 Å². The summed E-state index contributed by atoms with van der Waals surface area (Å²) in [5, 5.41) is 0. The maximum atomic E-state index is 11.2. The van der Waals surface area contributed by atoms with Crippen LogP contribution < -0.4 is 5.73 Å². The first-order valence-electron chi connectivity index (χ1n) is 4.26. The van der Waals surface area contributed by atoms with Crippen LogP contribution >= 0.6 is 0 Å². The van der Waals surface area contributed by atoms with Crippen LogP contribution in [0.1, 0.15) is 12.8 Å². The van der Waals surface area contributed by atoms with Crippen LogP contribution in [0.2, 0.25) is 0 Å². The van der Waals surface area contributed by atoms with Gasteiger partial charge in [0.2, 0.25) is 0 Å². The molecule has 0 aromatic heterocycles. The average Bonchev–Trinajstić information content (AvgIpc) is 2.16. The van der Waals surface area contributed by atoms with Gasteiger partial charge in [-0.1, -0.05) is 0 Å². The Morgan fingerprint density at radius 1 is 1.54 bits per heavy atom. The van der Waals surface area contributed by atoms with Gasteiger partial charge in [-0.2, -0.15) is 0 Å². The van der Waals surface area contributed by atoms with Crippen LogP contribution in [-0.4, -0.2) is 43.0 Å². The third kappa shape index (κ3) is 2.42. The van der Waals surface area contributed by atoms with Crippen molar-refractivity contribution in [2.45, 2.75) is 18.9 Å². The highest BCUT2D eigenvalue weighted by Gasteiger charge is 2.25. The van der Waals surface area contributed by atoms with E-state index in [9.17, 15) is 9.59 Å². The van der Waals surface area contributed by atoms with Crippen molar-refractivity contribution in [2.75, 3.05) is 20.2 Å². The van der Waals surface area contributed by atoms with Crippen molar-refractivity contribution in [1.82, 2.24) is 4.90 Å². The number of methoxy groups -OCH3 is 1. The maximum absolute atomic E-state index is 11.2. The van der Waals surface area contributed by atoms with Gasteiger partial charge in [-0.05, 0) is 12.8 Å². The zero-order valence-corrected chi connectivity index (χ0v) is 7.66. The Morgan fingerprint density at radius 2 is 2.23 bits per heavy atom. The van der Waals surface area contributed by atoms with Crippen molar-refractivity contribution in [3.05, 3.63) is 0 Å². The van der Waals surface area contributed by atoms with Gasteiger partial charge in [0.05, 0.1) is 6.10 Å². The fourth-order valence-corrected chi connectivity index (χ4v) is 1.47. The second kappa shape index (κ2) is 4.23. The first kappa shape index (κ1) is 9.98. The normalized spacial score (nSPS) is 22.8. The van der Waals surface area contributed by atoms with Gasteiger partial charge >= 0.3 is 11.8 Å². The summed E-state index contributed by atoms with van der Waals surface area (Å²) in [6.07, 6.45) is 1.83. The summed E-state index contributed by atoms with van der Waals surface area (Å²) in [6, 6.07) is 0. The number of hydrogen-bond donors (Lipinski definition) is 1. The molecule has 13 heavy (non-hydrogen) atoms. The minimum absolute atomic E-state index is 0.0389. The predicted molar refractivity (Wildman–Crippen MR) is 45.8 cm³/mol. The lowest BCUT2D eigenvalue weighted by molar-refractivity contribution is -0.146. The zero-order valence-electron chi connectivity index (χ0n) is 7.66. The smallest absolute Gasteiger partial charge is 0.311 e. The molecule has 0 aromatic carbocycles. The summed E-state index contributed by atoms with van der Waals surface area (Å²) < 4.78 is 5.11. The van der Waals surface area contributed by atoms with Crippen LogP contribution in [0.25, 0.3) is 0 Å². The summed E-state index contributed by atoms with van der Waals surface area (Å²) >= 11 is 0. The van der Waals surface area contributed by atoms with Gasteiger partial charge in [-0.15, -0.1) is 0 Å². The van der Waals surface area contributed by atoms with Gasteiger partial charge in [-0.3, -0.25) is 9.59 Å². The van der Waals surface area contributed by atoms with E-state index in [1.54, 1.807) is 7.11 Å². The number of piperidine rings is 1. The lowest BCUT2D eigenvalue weighted by atomic mass is 10.1. The van der Waals surface area contributed by atoms with Crippen molar-refractivity contribution in [2.24, 2.45) is 5.73 Å². The van der Waals surface area contributed by atoms with Crippen LogP contribution in [-0.2, 0) is 14.3 Å². The van der Waals surface area contributed by atoms with Crippen LogP contribution in [0, 0.1) is 0 Å². The van der Waals surface area contributed by atoms with E-state index in [4.69, 9.17) is 10.5 Å².